The standard InChI is InChI=1S/C12H23N3O3/c1-4-12(2,18-3)11(16)15-8-6-5-7-9(15)10(13)14-17/h9,17H,4-8H2,1-3H3,(H2,13,14). The summed E-state index contributed by atoms with van der Waals surface area (Å²) in [5.74, 6) is 0.00130. The molecule has 2 unspecified atom stereocenters. The monoisotopic (exact) mass is 257 g/mol. The molecule has 1 fully saturated rings. The van der Waals surface area contributed by atoms with E-state index in [1.165, 1.54) is 7.11 Å². The third-order valence-electron chi connectivity index (χ3n) is 3.80. The van der Waals surface area contributed by atoms with Gasteiger partial charge in [-0.3, -0.25) is 4.79 Å². The van der Waals surface area contributed by atoms with Gasteiger partial charge >= 0.3 is 0 Å². The molecule has 1 aliphatic rings. The average molecular weight is 257 g/mol. The van der Waals surface area contributed by atoms with Crippen LogP contribution in [0.4, 0.5) is 0 Å². The molecule has 1 amide bonds. The number of nitrogens with two attached hydrogens (primary N) is 1. The Bertz CT molecular complexity index is 327. The Morgan fingerprint density at radius 3 is 2.78 bits per heavy atom. The molecule has 1 rings (SSSR count). The largest absolute Gasteiger partial charge is 0.409 e. The Kier molecular flexibility index (Phi) is 4.95. The Hall–Kier alpha value is -1.30. The van der Waals surface area contributed by atoms with Crippen molar-refractivity contribution in [3.05, 3.63) is 0 Å². The molecule has 6 nitrogen and oxygen atoms in total. The predicted molar refractivity (Wildman–Crippen MR) is 68.5 cm³/mol. The van der Waals surface area contributed by atoms with Gasteiger partial charge in [0.05, 0.1) is 6.04 Å². The molecule has 0 aromatic heterocycles. The Labute approximate surface area is 108 Å². The summed E-state index contributed by atoms with van der Waals surface area (Å²) in [4.78, 5) is 14.2. The van der Waals surface area contributed by atoms with Crippen LogP contribution in [0.15, 0.2) is 5.16 Å². The SMILES string of the molecule is CCC(C)(OC)C(=O)N1CCCCC1C(N)=NO. The molecule has 18 heavy (non-hydrogen) atoms. The second kappa shape index (κ2) is 6.04. The average Bonchev–Trinajstić information content (AvgIpc) is 2.44. The number of amides is 1. The summed E-state index contributed by atoms with van der Waals surface area (Å²) in [5.41, 5.74) is 4.83. The van der Waals surface area contributed by atoms with Gasteiger partial charge in [0.2, 0.25) is 0 Å². The van der Waals surface area contributed by atoms with Crippen LogP contribution in [-0.2, 0) is 9.53 Å². The fraction of sp³-hybridized carbons (Fsp3) is 0.833. The van der Waals surface area contributed by atoms with Crippen LogP contribution in [0.1, 0.15) is 39.5 Å². The van der Waals surface area contributed by atoms with Crippen molar-refractivity contribution in [2.75, 3.05) is 13.7 Å². The van der Waals surface area contributed by atoms with Crippen LogP contribution in [0, 0.1) is 0 Å². The van der Waals surface area contributed by atoms with Gasteiger partial charge in [-0.25, -0.2) is 0 Å². The smallest absolute Gasteiger partial charge is 0.255 e. The second-order valence-corrected chi connectivity index (χ2v) is 4.82. The van der Waals surface area contributed by atoms with Gasteiger partial charge in [0.15, 0.2) is 5.84 Å². The summed E-state index contributed by atoms with van der Waals surface area (Å²) < 4.78 is 5.33. The first-order valence-electron chi connectivity index (χ1n) is 6.33. The first kappa shape index (κ1) is 14.8. The number of hydrogen-bond acceptors (Lipinski definition) is 4. The lowest BCUT2D eigenvalue weighted by Crippen LogP contribution is -2.57. The molecule has 1 aliphatic heterocycles. The molecule has 0 radical (unpaired) electrons. The Morgan fingerprint density at radius 2 is 2.28 bits per heavy atom. The van der Waals surface area contributed by atoms with E-state index in [9.17, 15) is 4.79 Å². The predicted octanol–water partition coefficient (Wildman–Crippen LogP) is 0.929. The lowest BCUT2D eigenvalue weighted by atomic mass is 9.95. The van der Waals surface area contributed by atoms with Crippen molar-refractivity contribution in [2.45, 2.75) is 51.2 Å². The van der Waals surface area contributed by atoms with Crippen LogP contribution in [0.2, 0.25) is 0 Å². The molecular weight excluding hydrogens is 234 g/mol. The minimum atomic E-state index is -0.842. The van der Waals surface area contributed by atoms with Crippen molar-refractivity contribution < 1.29 is 14.7 Å². The molecule has 104 valence electrons. The molecule has 1 heterocycles. The van der Waals surface area contributed by atoms with E-state index in [1.54, 1.807) is 11.8 Å². The van der Waals surface area contributed by atoms with E-state index in [1.807, 2.05) is 6.92 Å². The number of likely N-dealkylation sites (tertiary alicyclic amines) is 1. The van der Waals surface area contributed by atoms with Gasteiger partial charge in [0, 0.05) is 13.7 Å². The maximum Gasteiger partial charge on any atom is 0.255 e. The van der Waals surface area contributed by atoms with E-state index in [-0.39, 0.29) is 17.8 Å². The summed E-state index contributed by atoms with van der Waals surface area (Å²) in [7, 11) is 1.53. The lowest BCUT2D eigenvalue weighted by Gasteiger charge is -2.39. The number of carbonyl (C=O) groups is 1. The number of ether oxygens (including phenoxy) is 1. The molecule has 0 aromatic rings. The normalized spacial score (nSPS) is 24.7. The number of rotatable bonds is 4. The molecule has 0 bridgehead atoms. The summed E-state index contributed by atoms with van der Waals surface area (Å²) in [6, 6.07) is -0.322. The van der Waals surface area contributed by atoms with E-state index in [2.05, 4.69) is 5.16 Å². The summed E-state index contributed by atoms with van der Waals surface area (Å²) in [6.07, 6.45) is 3.22. The minimum absolute atomic E-state index is 0.0937. The zero-order valence-corrected chi connectivity index (χ0v) is 11.3. The third-order valence-corrected chi connectivity index (χ3v) is 3.80. The van der Waals surface area contributed by atoms with Gasteiger partial charge in [0.25, 0.3) is 5.91 Å². The van der Waals surface area contributed by atoms with E-state index in [4.69, 9.17) is 15.7 Å². The van der Waals surface area contributed by atoms with E-state index in [0.29, 0.717) is 13.0 Å². The van der Waals surface area contributed by atoms with Crippen molar-refractivity contribution in [3.8, 4) is 0 Å². The van der Waals surface area contributed by atoms with Crippen molar-refractivity contribution in [1.82, 2.24) is 4.90 Å². The van der Waals surface area contributed by atoms with Gasteiger partial charge in [-0.1, -0.05) is 12.1 Å². The molecule has 0 spiro atoms. The van der Waals surface area contributed by atoms with E-state index in [0.717, 1.165) is 19.3 Å². The van der Waals surface area contributed by atoms with Crippen LogP contribution in [0.3, 0.4) is 0 Å². The minimum Gasteiger partial charge on any atom is -0.409 e. The summed E-state index contributed by atoms with van der Waals surface area (Å²) in [6.45, 7) is 4.30. The zero-order chi connectivity index (χ0) is 13.8. The number of piperidine rings is 1. The Morgan fingerprint density at radius 1 is 1.61 bits per heavy atom. The van der Waals surface area contributed by atoms with E-state index < -0.39 is 5.60 Å². The van der Waals surface area contributed by atoms with E-state index >= 15 is 0 Å². The zero-order valence-electron chi connectivity index (χ0n) is 11.3. The molecule has 6 heteroatoms. The fourth-order valence-corrected chi connectivity index (χ4v) is 2.24. The summed E-state index contributed by atoms with van der Waals surface area (Å²) >= 11 is 0. The molecule has 0 aromatic carbocycles. The number of methoxy groups -OCH3 is 1. The molecule has 0 aliphatic carbocycles. The number of nitrogens with zero attached hydrogens (tertiary/aromatic N) is 2. The van der Waals surface area contributed by atoms with Gasteiger partial charge in [0.1, 0.15) is 5.60 Å². The maximum absolute atomic E-state index is 12.5. The molecular formula is C12H23N3O3. The third kappa shape index (κ3) is 2.75. The van der Waals surface area contributed by atoms with Crippen molar-refractivity contribution in [1.29, 1.82) is 0 Å². The quantitative estimate of drug-likeness (QED) is 0.339. The highest BCUT2D eigenvalue weighted by Crippen LogP contribution is 2.24. The molecule has 3 N–H and O–H groups in total. The van der Waals surface area contributed by atoms with Crippen molar-refractivity contribution in [2.24, 2.45) is 10.9 Å². The number of hydrogen-bond donors (Lipinski definition) is 2. The Balaban J connectivity index is 2.93. The van der Waals surface area contributed by atoms with Crippen LogP contribution in [0.25, 0.3) is 0 Å². The molecule has 1 saturated heterocycles. The fourth-order valence-electron chi connectivity index (χ4n) is 2.24. The number of oxime groups is 1. The van der Waals surface area contributed by atoms with Crippen LogP contribution >= 0.6 is 0 Å². The lowest BCUT2D eigenvalue weighted by molar-refractivity contribution is -0.155. The van der Waals surface area contributed by atoms with Gasteiger partial charge in [-0.05, 0) is 32.6 Å². The van der Waals surface area contributed by atoms with Crippen LogP contribution in [0.5, 0.6) is 0 Å². The number of amidine groups is 1. The van der Waals surface area contributed by atoms with Gasteiger partial charge in [-0.2, -0.15) is 0 Å². The van der Waals surface area contributed by atoms with Crippen LogP contribution < -0.4 is 5.73 Å². The molecule has 2 atom stereocenters. The van der Waals surface area contributed by atoms with Gasteiger partial charge < -0.3 is 20.6 Å². The highest BCUT2D eigenvalue weighted by atomic mass is 16.5. The maximum atomic E-state index is 12.5. The highest BCUT2D eigenvalue weighted by molar-refractivity contribution is 5.93. The number of carbonyl (C=O) groups excluding carboxylic acids is 1. The topological polar surface area (TPSA) is 88.2 Å². The second-order valence-electron chi connectivity index (χ2n) is 4.82. The summed E-state index contributed by atoms with van der Waals surface area (Å²) in [5, 5.41) is 11.8. The van der Waals surface area contributed by atoms with Crippen LogP contribution in [-0.4, -0.2) is 47.1 Å². The molecule has 0 saturated carbocycles. The van der Waals surface area contributed by atoms with Gasteiger partial charge in [-0.15, -0.1) is 0 Å². The van der Waals surface area contributed by atoms with Crippen molar-refractivity contribution in [3.63, 3.8) is 0 Å². The first-order chi connectivity index (χ1) is 8.50. The highest BCUT2D eigenvalue weighted by Gasteiger charge is 2.40. The van der Waals surface area contributed by atoms with Crippen molar-refractivity contribution >= 4 is 11.7 Å². The first-order valence-corrected chi connectivity index (χ1v) is 6.33.